The van der Waals surface area contributed by atoms with Crippen LogP contribution >= 0.6 is 0 Å². The van der Waals surface area contributed by atoms with Crippen LogP contribution in [0.5, 0.6) is 0 Å². The molecule has 20 rings (SSSR count). The Morgan fingerprint density at radius 1 is 0.380 bits per heavy atom. The molecule has 3 aliphatic heterocycles. The largest absolute Gasteiger partial charge is 0.365 e. The molecule has 4 nitrogen and oxygen atoms in total. The molecule has 2 N–H and O–H groups in total. The molecule has 0 amide bonds. The molecular formula is C67H112N4. The highest BCUT2D eigenvalue weighted by Gasteiger charge is 2.40. The molecular weight excluding hydrogens is 861 g/mol. The van der Waals surface area contributed by atoms with Gasteiger partial charge in [-0.1, -0.05) is 173 Å². The second kappa shape index (κ2) is 28.0. The topological polar surface area (TPSA) is 45.6 Å². The summed E-state index contributed by atoms with van der Waals surface area (Å²) < 4.78 is 2.24. The number of piperidine rings is 2. The number of hydrogen-bond acceptors (Lipinski definition) is 2. The number of fused-ring (bicyclic) bond motifs is 15. The first-order valence-corrected chi connectivity index (χ1v) is 33.0. The summed E-state index contributed by atoms with van der Waals surface area (Å²) in [5.41, 5.74) is 3.02. The third-order valence-corrected chi connectivity index (χ3v) is 22.8. The van der Waals surface area contributed by atoms with Gasteiger partial charge in [0.15, 0.2) is 0 Å². The van der Waals surface area contributed by atoms with E-state index in [1.54, 1.807) is 173 Å². The maximum Gasteiger partial charge on any atom is 0.108 e. The lowest BCUT2D eigenvalue weighted by atomic mass is 9.65. The van der Waals surface area contributed by atoms with Crippen molar-refractivity contribution in [3.8, 4) is 0 Å². The fourth-order valence-corrected chi connectivity index (χ4v) is 18.1. The van der Waals surface area contributed by atoms with E-state index in [1.165, 1.54) is 188 Å². The first-order chi connectivity index (χ1) is 35.1. The van der Waals surface area contributed by atoms with Gasteiger partial charge in [-0.05, 0) is 198 Å². The summed E-state index contributed by atoms with van der Waals surface area (Å²) in [6, 6.07) is 3.11. The van der Waals surface area contributed by atoms with Crippen molar-refractivity contribution in [2.75, 3.05) is 6.54 Å². The number of nitrogens with zero attached hydrogens (tertiary/aromatic N) is 2. The fourth-order valence-electron chi connectivity index (χ4n) is 18.1. The average Bonchev–Trinajstić information content (AvgIpc) is 4.29. The van der Waals surface area contributed by atoms with Gasteiger partial charge in [-0.25, -0.2) is 4.98 Å². The number of aromatic nitrogens is 3. The zero-order valence-electron chi connectivity index (χ0n) is 46.3. The van der Waals surface area contributed by atoms with Crippen LogP contribution in [0.15, 0.2) is 24.7 Å². The fraction of sp³-hybridized carbons (Fsp3) is 0.896. The van der Waals surface area contributed by atoms with Gasteiger partial charge in [0, 0.05) is 43.3 Å². The third-order valence-electron chi connectivity index (χ3n) is 22.8. The van der Waals surface area contributed by atoms with Crippen LogP contribution in [-0.4, -0.2) is 27.1 Å². The van der Waals surface area contributed by atoms with Crippen LogP contribution in [0.3, 0.4) is 0 Å². The first kappa shape index (κ1) is 52.9. The monoisotopic (exact) mass is 973 g/mol. The number of imidazole rings is 1. The molecule has 0 radical (unpaired) electrons. The van der Waals surface area contributed by atoms with Crippen molar-refractivity contribution in [1.82, 2.24) is 19.9 Å². The quantitative estimate of drug-likeness (QED) is 0.276. The van der Waals surface area contributed by atoms with Crippen LogP contribution in [0.2, 0.25) is 0 Å². The van der Waals surface area contributed by atoms with Crippen molar-refractivity contribution in [2.24, 2.45) is 76.9 Å². The van der Waals surface area contributed by atoms with Crippen molar-refractivity contribution in [1.29, 1.82) is 0 Å². The molecule has 2 aromatic heterocycles. The van der Waals surface area contributed by atoms with Gasteiger partial charge in [-0.2, -0.15) is 0 Å². The second-order valence-corrected chi connectivity index (χ2v) is 27.9. The Kier molecular flexibility index (Phi) is 20.9. The van der Waals surface area contributed by atoms with Gasteiger partial charge >= 0.3 is 0 Å². The molecule has 2 saturated heterocycles. The van der Waals surface area contributed by atoms with Crippen molar-refractivity contribution >= 4 is 0 Å². The van der Waals surface area contributed by atoms with E-state index in [9.17, 15) is 0 Å². The Morgan fingerprint density at radius 2 is 0.831 bits per heavy atom. The van der Waals surface area contributed by atoms with E-state index in [0.717, 1.165) is 35.6 Å². The zero-order valence-corrected chi connectivity index (χ0v) is 46.3. The maximum absolute atomic E-state index is 4.22. The minimum Gasteiger partial charge on any atom is -0.365 e. The third kappa shape index (κ3) is 16.7. The van der Waals surface area contributed by atoms with Crippen molar-refractivity contribution in [3.63, 3.8) is 0 Å². The molecule has 18 aliphatic rings. The van der Waals surface area contributed by atoms with Gasteiger partial charge in [0.1, 0.15) is 5.82 Å². The highest BCUT2D eigenvalue weighted by molar-refractivity contribution is 5.22. The summed E-state index contributed by atoms with van der Waals surface area (Å²) in [7, 11) is 0. The molecule has 2 aromatic rings. The lowest BCUT2D eigenvalue weighted by molar-refractivity contribution is 0.116. The summed E-state index contributed by atoms with van der Waals surface area (Å²) in [4.78, 5) is 7.48. The second-order valence-electron chi connectivity index (χ2n) is 27.9. The summed E-state index contributed by atoms with van der Waals surface area (Å²) in [5.74, 6) is 16.4. The average molecular weight is 974 g/mol. The smallest absolute Gasteiger partial charge is 0.108 e. The van der Waals surface area contributed by atoms with Crippen LogP contribution in [-0.2, 0) is 25.8 Å². The van der Waals surface area contributed by atoms with Gasteiger partial charge in [-0.15, -0.1) is 0 Å². The molecule has 8 unspecified atom stereocenters. The SMILES string of the molecule is C1CC2CC(C1)C2.C1CC2CC2C1.C1CC2CCC(C1)C2.C1CC2CCC(C1)C2.C1CC2CCC1C2.C1CC2CCC1CN2.C1CCC2CCCC2C1.c1cc2c([nH]1)CCCC2.c1cn2c(n1)CCCC2. The molecule has 0 aromatic carbocycles. The van der Waals surface area contributed by atoms with Gasteiger partial charge in [-0.3, -0.25) is 0 Å². The predicted molar refractivity (Wildman–Crippen MR) is 301 cm³/mol. The number of aromatic amines is 1. The van der Waals surface area contributed by atoms with E-state index in [-0.39, 0.29) is 0 Å². The van der Waals surface area contributed by atoms with E-state index in [2.05, 4.69) is 38.3 Å². The lowest BCUT2D eigenvalue weighted by Gasteiger charge is -2.40. The minimum absolute atomic E-state index is 0.903. The zero-order chi connectivity index (χ0) is 47.9. The van der Waals surface area contributed by atoms with E-state index in [4.69, 9.17) is 0 Å². The molecule has 14 saturated carbocycles. The molecule has 4 heteroatoms. The highest BCUT2D eigenvalue weighted by atomic mass is 15.1. The Labute approximate surface area is 438 Å². The maximum atomic E-state index is 4.22. The van der Waals surface area contributed by atoms with Gasteiger partial charge < -0.3 is 14.9 Å². The lowest BCUT2D eigenvalue weighted by Crippen LogP contribution is -2.44. The molecule has 10 bridgehead atoms. The summed E-state index contributed by atoms with van der Waals surface area (Å²) in [5, 5.41) is 3.52. The first-order valence-electron chi connectivity index (χ1n) is 33.0. The number of aryl methyl sites for hydroxylation is 4. The van der Waals surface area contributed by atoms with Crippen LogP contribution in [0.4, 0.5) is 0 Å². The molecule has 0 spiro atoms. The molecule has 400 valence electrons. The standard InChI is InChI=1S/C9H16.C8H11N.2C8H14.C7H10N2.C7H13N.2C7H12.C6H10/c1-2-5-9-7-3-6-8(9)4-1;1-2-4-8-7(3-1)5-6-9-8;2*1-2-7-4-5-8(3-1)6-7;1-2-5-9-6-4-8-7(9)3-1;1-3-7-4-2-6(1)5-8-7;1-2-7-4-3-6(1)5-7;1-2-6-4-7(3-1)5-6;1-2-5-4-6(5)3-1/h8-9H,1-7H2;5-6,9H,1-4H2;2*7-8H,1-6H2;4,6H,1-3,5H2;6-8H,1-5H2;2*6-7H,1-5H2;5-6H,1-4H2. The van der Waals surface area contributed by atoms with Crippen molar-refractivity contribution in [3.05, 3.63) is 41.7 Å². The van der Waals surface area contributed by atoms with Crippen LogP contribution in [0.1, 0.15) is 280 Å². The van der Waals surface area contributed by atoms with Crippen LogP contribution in [0, 0.1) is 76.9 Å². The van der Waals surface area contributed by atoms with Gasteiger partial charge in [0.25, 0.3) is 0 Å². The molecule has 16 fully saturated rings. The number of hydrogen-bond donors (Lipinski definition) is 2. The molecule has 8 atom stereocenters. The molecule has 5 heterocycles. The highest BCUT2D eigenvalue weighted by Crippen LogP contribution is 2.51. The van der Waals surface area contributed by atoms with E-state index in [0.29, 0.717) is 0 Å². The van der Waals surface area contributed by atoms with Crippen molar-refractivity contribution in [2.45, 2.75) is 295 Å². The van der Waals surface area contributed by atoms with E-state index in [1.807, 2.05) is 6.20 Å². The summed E-state index contributed by atoms with van der Waals surface area (Å²) in [6.07, 6.45) is 72.4. The van der Waals surface area contributed by atoms with Crippen molar-refractivity contribution < 1.29 is 0 Å². The number of H-pyrrole nitrogens is 1. The predicted octanol–water partition coefficient (Wildman–Crippen LogP) is 18.6. The molecule has 71 heavy (non-hydrogen) atoms. The Hall–Kier alpha value is -1.55. The van der Waals surface area contributed by atoms with Crippen LogP contribution < -0.4 is 5.32 Å². The normalized spacial score (nSPS) is 38.9. The van der Waals surface area contributed by atoms with Gasteiger partial charge in [0.05, 0.1) is 0 Å². The summed E-state index contributed by atoms with van der Waals surface area (Å²) >= 11 is 0. The van der Waals surface area contributed by atoms with E-state index < -0.39 is 0 Å². The van der Waals surface area contributed by atoms with Gasteiger partial charge in [0.2, 0.25) is 0 Å². The Bertz CT molecular complexity index is 1530. The minimum atomic E-state index is 0.903. The Balaban J connectivity index is 0.0000000924. The van der Waals surface area contributed by atoms with Crippen LogP contribution in [0.25, 0.3) is 0 Å². The Morgan fingerprint density at radius 3 is 1.23 bits per heavy atom. The number of nitrogens with one attached hydrogen (secondary N) is 2. The summed E-state index contributed by atoms with van der Waals surface area (Å²) in [6.45, 7) is 2.49. The number of rotatable bonds is 0. The van der Waals surface area contributed by atoms with E-state index >= 15 is 0 Å². The molecule has 15 aliphatic carbocycles.